The molecule has 1 amide bonds. The summed E-state index contributed by atoms with van der Waals surface area (Å²) in [4.78, 5) is 12.4. The van der Waals surface area contributed by atoms with Crippen LogP contribution in [0.5, 0.6) is 0 Å². The summed E-state index contributed by atoms with van der Waals surface area (Å²) in [5, 5.41) is 6.69. The van der Waals surface area contributed by atoms with Crippen molar-refractivity contribution in [1.29, 1.82) is 0 Å². The molecule has 2 aliphatic rings. The van der Waals surface area contributed by atoms with Crippen LogP contribution in [-0.4, -0.2) is 23.5 Å². The van der Waals surface area contributed by atoms with Crippen molar-refractivity contribution in [3.8, 4) is 0 Å². The highest BCUT2D eigenvalue weighted by Gasteiger charge is 2.38. The molecule has 1 aliphatic heterocycles. The van der Waals surface area contributed by atoms with Gasteiger partial charge < -0.3 is 10.6 Å². The summed E-state index contributed by atoms with van der Waals surface area (Å²) in [6.45, 7) is 5.23. The van der Waals surface area contributed by atoms with E-state index in [9.17, 15) is 4.79 Å². The first kappa shape index (κ1) is 12.9. The summed E-state index contributed by atoms with van der Waals surface area (Å²) in [5.74, 6) is 0.210. The Bertz CT molecular complexity index is 276. The average molecular weight is 238 g/mol. The lowest BCUT2D eigenvalue weighted by molar-refractivity contribution is -0.130. The number of hydrogen-bond acceptors (Lipinski definition) is 2. The fraction of sp³-hybridized carbons (Fsp3) is 0.929. The number of nitrogens with one attached hydrogen (secondary N) is 2. The molecule has 17 heavy (non-hydrogen) atoms. The lowest BCUT2D eigenvalue weighted by atomic mass is 9.81. The van der Waals surface area contributed by atoms with Gasteiger partial charge in [-0.05, 0) is 52.5 Å². The minimum Gasteiger partial charge on any atom is -0.349 e. The number of piperidine rings is 1. The van der Waals surface area contributed by atoms with E-state index in [0.717, 1.165) is 32.2 Å². The third kappa shape index (κ3) is 3.01. The van der Waals surface area contributed by atoms with Crippen LogP contribution in [-0.2, 0) is 4.79 Å². The Kier molecular flexibility index (Phi) is 3.76. The maximum absolute atomic E-state index is 12.4. The van der Waals surface area contributed by atoms with Crippen LogP contribution in [0.3, 0.4) is 0 Å². The van der Waals surface area contributed by atoms with Crippen molar-refractivity contribution in [2.24, 2.45) is 0 Å². The Hall–Kier alpha value is -0.570. The van der Waals surface area contributed by atoms with E-state index in [1.165, 1.54) is 25.7 Å². The van der Waals surface area contributed by atoms with Gasteiger partial charge in [0, 0.05) is 5.54 Å². The molecule has 1 unspecified atom stereocenters. The molecule has 2 fully saturated rings. The number of amides is 1. The van der Waals surface area contributed by atoms with Crippen molar-refractivity contribution in [1.82, 2.24) is 10.6 Å². The van der Waals surface area contributed by atoms with Gasteiger partial charge in [0.05, 0.1) is 5.54 Å². The first-order valence-electron chi connectivity index (χ1n) is 7.12. The zero-order valence-corrected chi connectivity index (χ0v) is 11.3. The Balaban J connectivity index is 1.95. The van der Waals surface area contributed by atoms with E-state index in [2.05, 4.69) is 17.6 Å². The van der Waals surface area contributed by atoms with Gasteiger partial charge in [0.1, 0.15) is 0 Å². The highest BCUT2D eigenvalue weighted by atomic mass is 16.2. The standard InChI is InChI=1S/C14H26N2O/c1-13(8-4-3-5-9-13)16-12(17)14(2)10-6-7-11-15-14/h15H,3-11H2,1-2H3,(H,16,17). The normalized spacial score (nSPS) is 33.1. The molecular formula is C14H26N2O. The molecule has 1 saturated heterocycles. The maximum Gasteiger partial charge on any atom is 0.240 e. The molecule has 0 aromatic carbocycles. The van der Waals surface area contributed by atoms with Crippen LogP contribution in [0.4, 0.5) is 0 Å². The minimum atomic E-state index is -0.335. The van der Waals surface area contributed by atoms with E-state index in [1.54, 1.807) is 0 Å². The SMILES string of the molecule is CC1(NC(=O)C2(C)CCCCN2)CCCCC1. The van der Waals surface area contributed by atoms with Gasteiger partial charge in [-0.15, -0.1) is 0 Å². The molecule has 0 spiro atoms. The number of carbonyl (C=O) groups is 1. The van der Waals surface area contributed by atoms with E-state index in [0.29, 0.717) is 0 Å². The second kappa shape index (κ2) is 4.97. The first-order chi connectivity index (χ1) is 8.04. The van der Waals surface area contributed by atoms with Gasteiger partial charge in [0.2, 0.25) is 5.91 Å². The molecule has 2 rings (SSSR count). The van der Waals surface area contributed by atoms with Gasteiger partial charge >= 0.3 is 0 Å². The van der Waals surface area contributed by atoms with Gasteiger partial charge in [-0.1, -0.05) is 19.3 Å². The topological polar surface area (TPSA) is 41.1 Å². The quantitative estimate of drug-likeness (QED) is 0.775. The van der Waals surface area contributed by atoms with Crippen LogP contribution in [0.15, 0.2) is 0 Å². The van der Waals surface area contributed by atoms with E-state index >= 15 is 0 Å². The van der Waals surface area contributed by atoms with Gasteiger partial charge in [-0.2, -0.15) is 0 Å². The monoisotopic (exact) mass is 238 g/mol. The maximum atomic E-state index is 12.4. The molecule has 0 radical (unpaired) electrons. The Morgan fingerprint density at radius 2 is 1.65 bits per heavy atom. The molecule has 0 aromatic heterocycles. The Labute approximate surface area is 105 Å². The molecule has 0 bridgehead atoms. The smallest absolute Gasteiger partial charge is 0.240 e. The highest BCUT2D eigenvalue weighted by molar-refractivity contribution is 5.86. The summed E-state index contributed by atoms with van der Waals surface area (Å²) in [6.07, 6.45) is 9.41. The Morgan fingerprint density at radius 1 is 1.00 bits per heavy atom. The van der Waals surface area contributed by atoms with Crippen molar-refractivity contribution in [2.75, 3.05) is 6.54 Å². The first-order valence-corrected chi connectivity index (χ1v) is 7.12. The molecule has 3 heteroatoms. The zero-order chi connectivity index (χ0) is 12.4. The van der Waals surface area contributed by atoms with Crippen LogP contribution in [0.1, 0.15) is 65.2 Å². The molecular weight excluding hydrogens is 212 g/mol. The van der Waals surface area contributed by atoms with Crippen LogP contribution in [0, 0.1) is 0 Å². The van der Waals surface area contributed by atoms with Crippen LogP contribution >= 0.6 is 0 Å². The minimum absolute atomic E-state index is 0.0392. The second-order valence-electron chi connectivity index (χ2n) is 6.29. The van der Waals surface area contributed by atoms with Gasteiger partial charge in [0.15, 0.2) is 0 Å². The zero-order valence-electron chi connectivity index (χ0n) is 11.3. The summed E-state index contributed by atoms with van der Waals surface area (Å²) >= 11 is 0. The largest absolute Gasteiger partial charge is 0.349 e. The summed E-state index contributed by atoms with van der Waals surface area (Å²) in [7, 11) is 0. The van der Waals surface area contributed by atoms with Crippen molar-refractivity contribution in [3.05, 3.63) is 0 Å². The van der Waals surface area contributed by atoms with E-state index in [-0.39, 0.29) is 17.0 Å². The van der Waals surface area contributed by atoms with Crippen LogP contribution < -0.4 is 10.6 Å². The van der Waals surface area contributed by atoms with Crippen molar-refractivity contribution < 1.29 is 4.79 Å². The molecule has 1 saturated carbocycles. The van der Waals surface area contributed by atoms with E-state index in [4.69, 9.17) is 0 Å². The number of hydrogen-bond donors (Lipinski definition) is 2. The highest BCUT2D eigenvalue weighted by Crippen LogP contribution is 2.29. The molecule has 0 aromatic rings. The van der Waals surface area contributed by atoms with Crippen molar-refractivity contribution >= 4 is 5.91 Å². The molecule has 1 aliphatic carbocycles. The molecule has 1 atom stereocenters. The molecule has 2 N–H and O–H groups in total. The predicted molar refractivity (Wildman–Crippen MR) is 69.9 cm³/mol. The lowest BCUT2D eigenvalue weighted by Gasteiger charge is -2.40. The molecule has 3 nitrogen and oxygen atoms in total. The van der Waals surface area contributed by atoms with Gasteiger partial charge in [-0.25, -0.2) is 0 Å². The summed E-state index contributed by atoms with van der Waals surface area (Å²) in [6, 6.07) is 0. The fourth-order valence-corrected chi connectivity index (χ4v) is 3.12. The van der Waals surface area contributed by atoms with Crippen molar-refractivity contribution in [2.45, 2.75) is 76.3 Å². The average Bonchev–Trinajstić information content (AvgIpc) is 2.30. The third-order valence-corrected chi connectivity index (χ3v) is 4.49. The van der Waals surface area contributed by atoms with Crippen LogP contribution in [0.25, 0.3) is 0 Å². The van der Waals surface area contributed by atoms with Gasteiger partial charge in [0.25, 0.3) is 0 Å². The number of rotatable bonds is 2. The van der Waals surface area contributed by atoms with Gasteiger partial charge in [-0.3, -0.25) is 4.79 Å². The Morgan fingerprint density at radius 3 is 2.24 bits per heavy atom. The second-order valence-corrected chi connectivity index (χ2v) is 6.29. The van der Waals surface area contributed by atoms with Crippen molar-refractivity contribution in [3.63, 3.8) is 0 Å². The third-order valence-electron chi connectivity index (χ3n) is 4.49. The summed E-state index contributed by atoms with van der Waals surface area (Å²) < 4.78 is 0. The number of carbonyl (C=O) groups excluding carboxylic acids is 1. The summed E-state index contributed by atoms with van der Waals surface area (Å²) in [5.41, 5.74) is -0.295. The predicted octanol–water partition coefficient (Wildman–Crippen LogP) is 2.36. The van der Waals surface area contributed by atoms with E-state index in [1.807, 2.05) is 6.92 Å². The van der Waals surface area contributed by atoms with E-state index < -0.39 is 0 Å². The molecule has 98 valence electrons. The van der Waals surface area contributed by atoms with Crippen LogP contribution in [0.2, 0.25) is 0 Å². The lowest BCUT2D eigenvalue weighted by Crippen LogP contribution is -2.61. The fourth-order valence-electron chi connectivity index (χ4n) is 3.12. The molecule has 1 heterocycles.